The summed E-state index contributed by atoms with van der Waals surface area (Å²) in [5.74, 6) is 0.204. The van der Waals surface area contributed by atoms with Crippen LogP contribution in [0.15, 0.2) is 101 Å². The smallest absolute Gasteiger partial charge is 0.264 e. The van der Waals surface area contributed by atoms with Gasteiger partial charge in [-0.15, -0.1) is 0 Å². The van der Waals surface area contributed by atoms with Gasteiger partial charge >= 0.3 is 0 Å². The van der Waals surface area contributed by atoms with Crippen molar-refractivity contribution in [3.8, 4) is 11.5 Å². The van der Waals surface area contributed by atoms with Crippen LogP contribution in [0, 0.1) is 6.92 Å². The summed E-state index contributed by atoms with van der Waals surface area (Å²) in [6.45, 7) is 1.60. The first-order valence-corrected chi connectivity index (χ1v) is 14.6. The third-order valence-corrected chi connectivity index (χ3v) is 8.32. The molecular weight excluding hydrogens is 585 g/mol. The number of carbonyl (C=O) groups excluding carboxylic acids is 1. The second-order valence-corrected chi connectivity index (χ2v) is 11.6. The van der Waals surface area contributed by atoms with Crippen molar-refractivity contribution in [1.29, 1.82) is 0 Å². The Bertz CT molecular complexity index is 1640. The molecule has 0 aliphatic rings. The minimum Gasteiger partial charge on any atom is -0.495 e. The highest BCUT2D eigenvalue weighted by atomic mass is 35.5. The van der Waals surface area contributed by atoms with Gasteiger partial charge in [-0.3, -0.25) is 9.10 Å². The average Bonchev–Trinajstić information content (AvgIpc) is 2.96. The van der Waals surface area contributed by atoms with Gasteiger partial charge < -0.3 is 9.47 Å². The monoisotopic (exact) mass is 611 g/mol. The topological polar surface area (TPSA) is 97.3 Å². The molecule has 41 heavy (non-hydrogen) atoms. The molecule has 212 valence electrons. The zero-order valence-corrected chi connectivity index (χ0v) is 24.6. The highest BCUT2D eigenvalue weighted by Crippen LogP contribution is 2.34. The number of ether oxygens (including phenoxy) is 2. The lowest BCUT2D eigenvalue weighted by molar-refractivity contribution is -0.119. The molecule has 11 heteroatoms. The van der Waals surface area contributed by atoms with Crippen molar-refractivity contribution in [2.45, 2.75) is 18.4 Å². The number of sulfonamides is 1. The Balaban J connectivity index is 1.46. The van der Waals surface area contributed by atoms with E-state index in [0.29, 0.717) is 22.9 Å². The Morgan fingerprint density at radius 3 is 2.37 bits per heavy atom. The minimum absolute atomic E-state index is 0.0123. The number of hydrazone groups is 1. The highest BCUT2D eigenvalue weighted by Gasteiger charge is 2.29. The summed E-state index contributed by atoms with van der Waals surface area (Å²) in [4.78, 5) is 12.9. The number of methoxy groups -OCH3 is 1. The maximum Gasteiger partial charge on any atom is 0.264 e. The van der Waals surface area contributed by atoms with E-state index in [1.54, 1.807) is 48.5 Å². The number of nitrogens with zero attached hydrogens (tertiary/aromatic N) is 2. The molecule has 8 nitrogen and oxygen atoms in total. The van der Waals surface area contributed by atoms with Gasteiger partial charge in [0.1, 0.15) is 24.7 Å². The van der Waals surface area contributed by atoms with Crippen LogP contribution in [0.3, 0.4) is 0 Å². The standard InChI is InChI=1S/C30H27Cl2N3O5S/c1-21-7-14-26(15-8-21)41(37,38)35(28-17-24(31)11-16-29(28)39-2)19-30(36)34-33-18-22-9-12-25(13-10-22)40-20-23-5-3-4-6-27(23)32/h3-18H,19-20H2,1-2H3,(H,34,36)/b33-18-. The van der Waals surface area contributed by atoms with E-state index in [4.69, 9.17) is 32.7 Å². The lowest BCUT2D eigenvalue weighted by Gasteiger charge is -2.25. The van der Waals surface area contributed by atoms with Gasteiger partial charge in [-0.05, 0) is 73.2 Å². The maximum atomic E-state index is 13.6. The van der Waals surface area contributed by atoms with Crippen molar-refractivity contribution in [1.82, 2.24) is 5.43 Å². The number of nitrogens with one attached hydrogen (secondary N) is 1. The first-order chi connectivity index (χ1) is 19.7. The van der Waals surface area contributed by atoms with Gasteiger partial charge in [0.2, 0.25) is 0 Å². The highest BCUT2D eigenvalue weighted by molar-refractivity contribution is 7.92. The predicted octanol–water partition coefficient (Wildman–Crippen LogP) is 6.24. The molecule has 4 aromatic rings. The van der Waals surface area contributed by atoms with Crippen molar-refractivity contribution >= 4 is 51.0 Å². The number of anilines is 1. The van der Waals surface area contributed by atoms with Crippen LogP contribution in [0.1, 0.15) is 16.7 Å². The number of hydrogen-bond acceptors (Lipinski definition) is 6. The maximum absolute atomic E-state index is 13.6. The Kier molecular flexibility index (Phi) is 9.88. The molecule has 0 fully saturated rings. The number of carbonyl (C=O) groups is 1. The van der Waals surface area contributed by atoms with Gasteiger partial charge in [0.15, 0.2) is 0 Å². The molecule has 4 aromatic carbocycles. The Hall–Kier alpha value is -4.05. The second kappa shape index (κ2) is 13.5. The van der Waals surface area contributed by atoms with E-state index in [1.807, 2.05) is 25.1 Å². The molecule has 0 aromatic heterocycles. The first-order valence-electron chi connectivity index (χ1n) is 12.4. The van der Waals surface area contributed by atoms with Crippen molar-refractivity contribution in [3.63, 3.8) is 0 Å². The number of rotatable bonds is 11. The summed E-state index contributed by atoms with van der Waals surface area (Å²) in [5, 5.41) is 4.90. The lowest BCUT2D eigenvalue weighted by Crippen LogP contribution is -2.39. The fourth-order valence-electron chi connectivity index (χ4n) is 3.77. The third-order valence-electron chi connectivity index (χ3n) is 5.94. The second-order valence-electron chi connectivity index (χ2n) is 8.88. The van der Waals surface area contributed by atoms with Crippen LogP contribution < -0.4 is 19.2 Å². The molecule has 0 spiro atoms. The third kappa shape index (κ3) is 7.79. The molecule has 0 aliphatic heterocycles. The van der Waals surface area contributed by atoms with Gasteiger partial charge in [0.05, 0.1) is 23.9 Å². The summed E-state index contributed by atoms with van der Waals surface area (Å²) < 4.78 is 39.4. The normalized spacial score (nSPS) is 11.3. The predicted molar refractivity (Wildman–Crippen MR) is 162 cm³/mol. The van der Waals surface area contributed by atoms with Gasteiger partial charge in [-0.25, -0.2) is 13.8 Å². The van der Waals surface area contributed by atoms with Crippen molar-refractivity contribution in [2.24, 2.45) is 5.10 Å². The van der Waals surface area contributed by atoms with Gasteiger partial charge in [-0.2, -0.15) is 5.10 Å². The van der Waals surface area contributed by atoms with E-state index in [0.717, 1.165) is 15.4 Å². The Labute approximate surface area is 249 Å². The van der Waals surface area contributed by atoms with Crippen LogP contribution >= 0.6 is 23.2 Å². The lowest BCUT2D eigenvalue weighted by atomic mass is 10.2. The zero-order valence-electron chi connectivity index (χ0n) is 22.3. The molecule has 0 atom stereocenters. The number of aryl methyl sites for hydroxylation is 1. The summed E-state index contributed by atoms with van der Waals surface area (Å²) in [6, 6.07) is 25.3. The summed E-state index contributed by atoms with van der Waals surface area (Å²) >= 11 is 12.3. The van der Waals surface area contributed by atoms with Crippen LogP contribution in [0.25, 0.3) is 0 Å². The fourth-order valence-corrected chi connectivity index (χ4v) is 5.55. The van der Waals surface area contributed by atoms with Crippen LogP contribution in [0.4, 0.5) is 5.69 Å². The molecule has 1 amide bonds. The summed E-state index contributed by atoms with van der Waals surface area (Å²) in [5.41, 5.74) is 4.96. The van der Waals surface area contributed by atoms with E-state index in [1.165, 1.54) is 37.6 Å². The van der Waals surface area contributed by atoms with E-state index in [2.05, 4.69) is 10.5 Å². The molecular formula is C30H27Cl2N3O5S. The molecule has 0 aliphatic carbocycles. The number of benzene rings is 4. The molecule has 0 bridgehead atoms. The summed E-state index contributed by atoms with van der Waals surface area (Å²) in [7, 11) is -2.76. The quantitative estimate of drug-likeness (QED) is 0.160. The van der Waals surface area contributed by atoms with E-state index >= 15 is 0 Å². The SMILES string of the molecule is COc1ccc(Cl)cc1N(CC(=O)N/N=C\c1ccc(OCc2ccccc2Cl)cc1)S(=O)(=O)c1ccc(C)cc1. The van der Waals surface area contributed by atoms with Crippen LogP contribution in [0.2, 0.25) is 10.0 Å². The average molecular weight is 613 g/mol. The molecule has 0 radical (unpaired) electrons. The molecule has 0 saturated heterocycles. The van der Waals surface area contributed by atoms with Crippen LogP contribution in [-0.2, 0) is 21.4 Å². The van der Waals surface area contributed by atoms with Gasteiger partial charge in [-0.1, -0.05) is 59.1 Å². The van der Waals surface area contributed by atoms with Crippen molar-refractivity contribution < 1.29 is 22.7 Å². The number of hydrogen-bond donors (Lipinski definition) is 1. The molecule has 1 N–H and O–H groups in total. The largest absolute Gasteiger partial charge is 0.495 e. The minimum atomic E-state index is -4.17. The van der Waals surface area contributed by atoms with Gasteiger partial charge in [0.25, 0.3) is 15.9 Å². The molecule has 4 rings (SSSR count). The molecule has 0 heterocycles. The molecule has 0 saturated carbocycles. The number of halogens is 2. The number of amides is 1. The molecule has 0 unspecified atom stereocenters. The van der Waals surface area contributed by atoms with Crippen LogP contribution in [0.5, 0.6) is 11.5 Å². The fraction of sp³-hybridized carbons (Fsp3) is 0.133. The van der Waals surface area contributed by atoms with Gasteiger partial charge in [0, 0.05) is 15.6 Å². The van der Waals surface area contributed by atoms with E-state index in [-0.39, 0.29) is 21.4 Å². The Morgan fingerprint density at radius 2 is 1.68 bits per heavy atom. The van der Waals surface area contributed by atoms with Crippen LogP contribution in [-0.4, -0.2) is 34.2 Å². The zero-order chi connectivity index (χ0) is 29.4. The van der Waals surface area contributed by atoms with Crippen molar-refractivity contribution in [2.75, 3.05) is 18.0 Å². The van der Waals surface area contributed by atoms with E-state index in [9.17, 15) is 13.2 Å². The summed E-state index contributed by atoms with van der Waals surface area (Å²) in [6.07, 6.45) is 1.44. The van der Waals surface area contributed by atoms with Crippen molar-refractivity contribution in [3.05, 3.63) is 118 Å². The Morgan fingerprint density at radius 1 is 0.976 bits per heavy atom. The first kappa shape index (κ1) is 29.9. The van der Waals surface area contributed by atoms with E-state index < -0.39 is 22.5 Å².